The van der Waals surface area contributed by atoms with Crippen LogP contribution in [-0.4, -0.2) is 80.2 Å². The number of sulfonamides is 1. The van der Waals surface area contributed by atoms with Crippen molar-refractivity contribution < 1.29 is 8.42 Å². The molecule has 0 aromatic rings. The summed E-state index contributed by atoms with van der Waals surface area (Å²) in [4.78, 5) is 4.15. The first kappa shape index (κ1) is 21.7. The van der Waals surface area contributed by atoms with Crippen LogP contribution in [0.25, 0.3) is 0 Å². The molecule has 0 aliphatic carbocycles. The van der Waals surface area contributed by atoms with E-state index in [-0.39, 0.29) is 29.7 Å². The fourth-order valence-electron chi connectivity index (χ4n) is 2.49. The molecule has 0 aromatic carbocycles. The summed E-state index contributed by atoms with van der Waals surface area (Å²) in [6, 6.07) is 0. The zero-order chi connectivity index (χ0) is 15.8. The van der Waals surface area contributed by atoms with Crippen molar-refractivity contribution in [3.8, 4) is 0 Å². The first-order valence-electron chi connectivity index (χ1n) is 7.73. The lowest BCUT2D eigenvalue weighted by Crippen LogP contribution is -2.45. The van der Waals surface area contributed by atoms with Crippen molar-refractivity contribution >= 4 is 63.5 Å². The van der Waals surface area contributed by atoms with E-state index in [2.05, 4.69) is 15.6 Å². The maximum absolute atomic E-state index is 12.2. The highest BCUT2D eigenvalue weighted by molar-refractivity contribution is 14.0. The van der Waals surface area contributed by atoms with Gasteiger partial charge in [0.15, 0.2) is 5.96 Å². The van der Waals surface area contributed by atoms with Crippen molar-refractivity contribution in [2.45, 2.75) is 18.1 Å². The lowest BCUT2D eigenvalue weighted by Gasteiger charge is -2.25. The van der Waals surface area contributed by atoms with E-state index in [4.69, 9.17) is 0 Å². The topological polar surface area (TPSA) is 73.8 Å². The first-order valence-corrected chi connectivity index (χ1v) is 11.5. The molecular formula is C13H27IN4O2S3. The van der Waals surface area contributed by atoms with E-state index >= 15 is 0 Å². The second-order valence-corrected chi connectivity index (χ2v) is 10.1. The van der Waals surface area contributed by atoms with Crippen molar-refractivity contribution in [1.29, 1.82) is 0 Å². The molecule has 0 bridgehead atoms. The van der Waals surface area contributed by atoms with E-state index in [0.29, 0.717) is 30.8 Å². The van der Waals surface area contributed by atoms with Crippen LogP contribution in [0.3, 0.4) is 0 Å². The Morgan fingerprint density at radius 2 is 2.00 bits per heavy atom. The van der Waals surface area contributed by atoms with E-state index < -0.39 is 10.0 Å². The molecule has 1 atom stereocenters. The number of hydrogen-bond donors (Lipinski definition) is 2. The van der Waals surface area contributed by atoms with Gasteiger partial charge < -0.3 is 10.6 Å². The van der Waals surface area contributed by atoms with Crippen LogP contribution in [0.1, 0.15) is 12.8 Å². The third kappa shape index (κ3) is 7.57. The molecule has 136 valence electrons. The van der Waals surface area contributed by atoms with Crippen LogP contribution in [0.15, 0.2) is 4.99 Å². The van der Waals surface area contributed by atoms with Gasteiger partial charge in [0, 0.05) is 50.0 Å². The molecule has 23 heavy (non-hydrogen) atoms. The van der Waals surface area contributed by atoms with Crippen LogP contribution < -0.4 is 10.6 Å². The third-order valence-electron chi connectivity index (χ3n) is 3.76. The molecule has 2 aliphatic rings. The van der Waals surface area contributed by atoms with Crippen LogP contribution in [-0.2, 0) is 10.0 Å². The van der Waals surface area contributed by atoms with Crippen LogP contribution in [0, 0.1) is 0 Å². The highest BCUT2D eigenvalue weighted by atomic mass is 127. The summed E-state index contributed by atoms with van der Waals surface area (Å²) in [5.74, 6) is 3.85. The van der Waals surface area contributed by atoms with Gasteiger partial charge in [-0.2, -0.15) is 23.5 Å². The van der Waals surface area contributed by atoms with Crippen molar-refractivity contribution in [3.05, 3.63) is 0 Å². The van der Waals surface area contributed by atoms with E-state index in [9.17, 15) is 8.42 Å². The van der Waals surface area contributed by atoms with Gasteiger partial charge in [0.1, 0.15) is 0 Å². The van der Waals surface area contributed by atoms with Crippen molar-refractivity contribution in [3.63, 3.8) is 0 Å². The average Bonchev–Trinajstić information content (AvgIpc) is 3.05. The number of nitrogens with one attached hydrogen (secondary N) is 2. The number of rotatable bonds is 6. The molecular weight excluding hydrogens is 467 g/mol. The third-order valence-corrected chi connectivity index (χ3v) is 7.97. The molecule has 2 N–H and O–H groups in total. The minimum atomic E-state index is -3.15. The summed E-state index contributed by atoms with van der Waals surface area (Å²) in [6.45, 7) is 2.56. The van der Waals surface area contributed by atoms with Crippen LogP contribution in [0.5, 0.6) is 0 Å². The Morgan fingerprint density at radius 1 is 1.26 bits per heavy atom. The minimum Gasteiger partial charge on any atom is -0.355 e. The monoisotopic (exact) mass is 494 g/mol. The molecule has 10 heteroatoms. The van der Waals surface area contributed by atoms with Gasteiger partial charge in [0.25, 0.3) is 0 Å². The van der Waals surface area contributed by atoms with Gasteiger partial charge in [0.2, 0.25) is 10.0 Å². The van der Waals surface area contributed by atoms with Gasteiger partial charge in [-0.15, -0.1) is 24.0 Å². The zero-order valence-electron chi connectivity index (χ0n) is 13.5. The molecule has 2 heterocycles. The van der Waals surface area contributed by atoms with E-state index in [0.717, 1.165) is 18.1 Å². The van der Waals surface area contributed by atoms with Gasteiger partial charge in [-0.3, -0.25) is 4.99 Å². The second kappa shape index (κ2) is 11.3. The van der Waals surface area contributed by atoms with Gasteiger partial charge in [-0.05, 0) is 18.6 Å². The van der Waals surface area contributed by atoms with Crippen LogP contribution in [0.2, 0.25) is 0 Å². The molecule has 1 unspecified atom stereocenters. The molecule has 6 nitrogen and oxygen atoms in total. The molecule has 2 aliphatic heterocycles. The Kier molecular flexibility index (Phi) is 10.6. The van der Waals surface area contributed by atoms with Crippen molar-refractivity contribution in [2.24, 2.45) is 4.99 Å². The summed E-state index contributed by atoms with van der Waals surface area (Å²) < 4.78 is 26.1. The number of aliphatic imine (C=N–C) groups is 1. The number of hydrogen-bond acceptors (Lipinski definition) is 5. The predicted octanol–water partition coefficient (Wildman–Crippen LogP) is 1.04. The Labute approximate surface area is 165 Å². The van der Waals surface area contributed by atoms with Crippen LogP contribution >= 0.6 is 47.5 Å². The maximum atomic E-state index is 12.2. The molecule has 2 fully saturated rings. The second-order valence-electron chi connectivity index (χ2n) is 5.34. The predicted molar refractivity (Wildman–Crippen MR) is 113 cm³/mol. The van der Waals surface area contributed by atoms with E-state index in [1.165, 1.54) is 18.6 Å². The quantitative estimate of drug-likeness (QED) is 0.327. The van der Waals surface area contributed by atoms with Gasteiger partial charge in [-0.1, -0.05) is 0 Å². The molecule has 0 amide bonds. The normalized spacial score (nSPS) is 23.3. The average molecular weight is 494 g/mol. The molecule has 0 aromatic heterocycles. The molecule has 0 spiro atoms. The lowest BCUT2D eigenvalue weighted by molar-refractivity contribution is 0.443. The van der Waals surface area contributed by atoms with Gasteiger partial charge in [-0.25, -0.2) is 12.7 Å². The molecule has 0 radical (unpaired) electrons. The van der Waals surface area contributed by atoms with Crippen LogP contribution in [0.4, 0.5) is 0 Å². The molecule has 0 saturated carbocycles. The Balaban J connectivity index is 0.00000264. The lowest BCUT2D eigenvalue weighted by atomic mass is 10.2. The standard InChI is InChI=1S/C13H26N4O2S3.HI/c1-14-13(16-11-12-3-2-7-21-12)15-4-10-22(18,19)17-5-8-20-9-6-17;/h12H,2-11H2,1H3,(H2,14,15,16);1H. The smallest absolute Gasteiger partial charge is 0.215 e. The summed E-state index contributed by atoms with van der Waals surface area (Å²) in [6.07, 6.45) is 2.53. The number of halogens is 1. The molecule has 2 saturated heterocycles. The summed E-state index contributed by atoms with van der Waals surface area (Å²) in [7, 11) is -1.43. The largest absolute Gasteiger partial charge is 0.355 e. The number of nitrogens with zero attached hydrogens (tertiary/aromatic N) is 2. The highest BCUT2D eigenvalue weighted by Crippen LogP contribution is 2.25. The Morgan fingerprint density at radius 3 is 2.61 bits per heavy atom. The summed E-state index contributed by atoms with van der Waals surface area (Å²) in [5.41, 5.74) is 0. The number of guanidine groups is 1. The fourth-order valence-corrected chi connectivity index (χ4v) is 6.18. The highest BCUT2D eigenvalue weighted by Gasteiger charge is 2.23. The zero-order valence-corrected chi connectivity index (χ0v) is 18.3. The van der Waals surface area contributed by atoms with E-state index in [1.54, 1.807) is 11.4 Å². The first-order chi connectivity index (χ1) is 10.6. The molecule has 2 rings (SSSR count). The van der Waals surface area contributed by atoms with Crippen molar-refractivity contribution in [1.82, 2.24) is 14.9 Å². The van der Waals surface area contributed by atoms with Gasteiger partial charge >= 0.3 is 0 Å². The fraction of sp³-hybridized carbons (Fsp3) is 0.923. The Hall–Kier alpha value is 0.610. The van der Waals surface area contributed by atoms with Crippen molar-refractivity contribution in [2.75, 3.05) is 56.2 Å². The van der Waals surface area contributed by atoms with E-state index in [1.807, 2.05) is 23.5 Å². The number of thioether (sulfide) groups is 2. The summed E-state index contributed by atoms with van der Waals surface area (Å²) in [5, 5.41) is 7.04. The SMILES string of the molecule is CN=C(NCCS(=O)(=O)N1CCSCC1)NCC1CCCS1.I. The minimum absolute atomic E-state index is 0. The van der Waals surface area contributed by atoms with Gasteiger partial charge in [0.05, 0.1) is 5.75 Å². The maximum Gasteiger partial charge on any atom is 0.215 e. The summed E-state index contributed by atoms with van der Waals surface area (Å²) >= 11 is 3.80. The Bertz CT molecular complexity index is 464.